The first-order valence-electron chi connectivity index (χ1n) is 5.56. The molecule has 0 radical (unpaired) electrons. The maximum atomic E-state index is 12.0. The summed E-state index contributed by atoms with van der Waals surface area (Å²) in [4.78, 5) is 22.5. The van der Waals surface area contributed by atoms with Crippen LogP contribution in [0.3, 0.4) is 0 Å². The molecule has 1 aromatic carbocycles. The standard InChI is InChI=1S/C12H11BrN4O3/c13-9-2-1-7(3-10(9)14)12(20)16-8-4-15-17(5-8)6-11(18)19/h1-5H,6,14H2,(H,16,20)(H,18,19). The summed E-state index contributed by atoms with van der Waals surface area (Å²) in [6.45, 7) is -0.263. The zero-order valence-corrected chi connectivity index (χ0v) is 11.8. The molecule has 0 aliphatic heterocycles. The highest BCUT2D eigenvalue weighted by atomic mass is 79.9. The van der Waals surface area contributed by atoms with Crippen LogP contribution < -0.4 is 11.1 Å². The SMILES string of the molecule is Nc1cc(C(=O)Nc2cnn(CC(=O)O)c2)ccc1Br. The maximum Gasteiger partial charge on any atom is 0.325 e. The van der Waals surface area contributed by atoms with E-state index in [1.807, 2.05) is 0 Å². The highest BCUT2D eigenvalue weighted by Gasteiger charge is 2.09. The highest BCUT2D eigenvalue weighted by Crippen LogP contribution is 2.20. The monoisotopic (exact) mass is 338 g/mol. The van der Waals surface area contributed by atoms with Gasteiger partial charge in [0.1, 0.15) is 6.54 Å². The first-order chi connectivity index (χ1) is 9.45. The molecule has 104 valence electrons. The van der Waals surface area contributed by atoms with Crippen molar-refractivity contribution in [2.75, 3.05) is 11.1 Å². The summed E-state index contributed by atoms with van der Waals surface area (Å²) in [5.41, 5.74) is 6.97. The second kappa shape index (κ2) is 5.74. The minimum absolute atomic E-state index is 0.263. The van der Waals surface area contributed by atoms with E-state index in [0.29, 0.717) is 21.4 Å². The van der Waals surface area contributed by atoms with Crippen molar-refractivity contribution < 1.29 is 14.7 Å². The van der Waals surface area contributed by atoms with Crippen LogP contribution in [-0.2, 0) is 11.3 Å². The number of anilines is 2. The number of carbonyl (C=O) groups excluding carboxylic acids is 1. The van der Waals surface area contributed by atoms with Crippen LogP contribution >= 0.6 is 15.9 Å². The molecule has 0 spiro atoms. The number of halogens is 1. The average molecular weight is 339 g/mol. The molecule has 1 amide bonds. The first kappa shape index (κ1) is 14.1. The van der Waals surface area contributed by atoms with E-state index in [-0.39, 0.29) is 12.5 Å². The largest absolute Gasteiger partial charge is 0.480 e. The Kier molecular flexibility index (Phi) is 4.04. The van der Waals surface area contributed by atoms with Crippen molar-refractivity contribution in [2.24, 2.45) is 0 Å². The van der Waals surface area contributed by atoms with Crippen molar-refractivity contribution in [1.29, 1.82) is 0 Å². The van der Waals surface area contributed by atoms with Crippen LogP contribution in [0.2, 0.25) is 0 Å². The Bertz CT molecular complexity index is 668. The van der Waals surface area contributed by atoms with E-state index in [4.69, 9.17) is 10.8 Å². The summed E-state index contributed by atoms with van der Waals surface area (Å²) >= 11 is 3.25. The summed E-state index contributed by atoms with van der Waals surface area (Å²) in [6.07, 6.45) is 2.82. The molecule has 0 saturated carbocycles. The van der Waals surface area contributed by atoms with E-state index in [2.05, 4.69) is 26.3 Å². The number of aromatic nitrogens is 2. The topological polar surface area (TPSA) is 110 Å². The lowest BCUT2D eigenvalue weighted by molar-refractivity contribution is -0.137. The minimum Gasteiger partial charge on any atom is -0.480 e. The molecular weight excluding hydrogens is 328 g/mol. The van der Waals surface area contributed by atoms with E-state index < -0.39 is 5.97 Å². The zero-order chi connectivity index (χ0) is 14.7. The van der Waals surface area contributed by atoms with Gasteiger partial charge in [-0.3, -0.25) is 14.3 Å². The summed E-state index contributed by atoms with van der Waals surface area (Å²) in [5, 5.41) is 15.1. The van der Waals surface area contributed by atoms with Crippen LogP contribution in [0.25, 0.3) is 0 Å². The number of rotatable bonds is 4. The van der Waals surface area contributed by atoms with Gasteiger partial charge in [-0.15, -0.1) is 0 Å². The van der Waals surface area contributed by atoms with E-state index in [9.17, 15) is 9.59 Å². The normalized spacial score (nSPS) is 10.2. The van der Waals surface area contributed by atoms with Gasteiger partial charge in [0.25, 0.3) is 5.91 Å². The number of carboxylic acids is 1. The zero-order valence-electron chi connectivity index (χ0n) is 10.2. The Balaban J connectivity index is 2.09. The number of carbonyl (C=O) groups is 2. The third kappa shape index (κ3) is 3.35. The first-order valence-corrected chi connectivity index (χ1v) is 6.35. The molecule has 0 aliphatic carbocycles. The molecule has 0 fully saturated rings. The molecule has 1 heterocycles. The summed E-state index contributed by atoms with van der Waals surface area (Å²) in [6, 6.07) is 4.84. The van der Waals surface area contributed by atoms with Crippen molar-refractivity contribution >= 4 is 39.2 Å². The number of nitrogens with two attached hydrogens (primary N) is 1. The highest BCUT2D eigenvalue weighted by molar-refractivity contribution is 9.10. The molecule has 8 heteroatoms. The summed E-state index contributed by atoms with van der Waals surface area (Å²) in [5.74, 6) is -1.36. The minimum atomic E-state index is -1.01. The Labute approximate surface area is 122 Å². The average Bonchev–Trinajstić information content (AvgIpc) is 2.79. The molecule has 2 rings (SSSR count). The van der Waals surface area contributed by atoms with Gasteiger partial charge >= 0.3 is 5.97 Å². The number of nitrogens with one attached hydrogen (secondary N) is 1. The van der Waals surface area contributed by atoms with Crippen LogP contribution in [0.15, 0.2) is 35.1 Å². The number of hydrogen-bond donors (Lipinski definition) is 3. The lowest BCUT2D eigenvalue weighted by atomic mass is 10.2. The summed E-state index contributed by atoms with van der Waals surface area (Å²) in [7, 11) is 0. The van der Waals surface area contributed by atoms with Crippen molar-refractivity contribution in [3.05, 3.63) is 40.6 Å². The van der Waals surface area contributed by atoms with Crippen molar-refractivity contribution in [3.8, 4) is 0 Å². The van der Waals surface area contributed by atoms with Gasteiger partial charge in [0.2, 0.25) is 0 Å². The van der Waals surface area contributed by atoms with Crippen LogP contribution in [0.5, 0.6) is 0 Å². The fraction of sp³-hybridized carbons (Fsp3) is 0.0833. The van der Waals surface area contributed by atoms with Gasteiger partial charge in [0.15, 0.2) is 0 Å². The fourth-order valence-electron chi connectivity index (χ4n) is 1.54. The second-order valence-electron chi connectivity index (χ2n) is 4.01. The van der Waals surface area contributed by atoms with Gasteiger partial charge < -0.3 is 16.2 Å². The lowest BCUT2D eigenvalue weighted by Crippen LogP contribution is -2.12. The van der Waals surface area contributed by atoms with Gasteiger partial charge in [0.05, 0.1) is 11.9 Å². The molecule has 2 aromatic rings. The number of amides is 1. The maximum absolute atomic E-state index is 12.0. The van der Waals surface area contributed by atoms with Crippen LogP contribution in [-0.4, -0.2) is 26.8 Å². The van der Waals surface area contributed by atoms with E-state index in [1.165, 1.54) is 17.1 Å². The summed E-state index contributed by atoms with van der Waals surface area (Å²) < 4.78 is 1.93. The van der Waals surface area contributed by atoms with Crippen LogP contribution in [0.1, 0.15) is 10.4 Å². The van der Waals surface area contributed by atoms with Gasteiger partial charge in [-0.2, -0.15) is 5.10 Å². The number of hydrogen-bond acceptors (Lipinski definition) is 4. The number of benzene rings is 1. The van der Waals surface area contributed by atoms with E-state index in [1.54, 1.807) is 18.2 Å². The quantitative estimate of drug-likeness (QED) is 0.733. The van der Waals surface area contributed by atoms with Gasteiger partial charge in [-0.05, 0) is 34.1 Å². The number of carboxylic acid groups (broad SMARTS) is 1. The molecule has 20 heavy (non-hydrogen) atoms. The Hall–Kier alpha value is -2.35. The molecule has 0 bridgehead atoms. The predicted molar refractivity (Wildman–Crippen MR) is 76.4 cm³/mol. The molecule has 0 unspecified atom stereocenters. The fourth-order valence-corrected chi connectivity index (χ4v) is 1.79. The number of aliphatic carboxylic acids is 1. The van der Waals surface area contributed by atoms with Gasteiger partial charge in [-0.1, -0.05) is 0 Å². The third-order valence-corrected chi connectivity index (χ3v) is 3.17. The molecule has 4 N–H and O–H groups in total. The smallest absolute Gasteiger partial charge is 0.325 e. The molecular formula is C12H11BrN4O3. The second-order valence-corrected chi connectivity index (χ2v) is 4.87. The number of nitrogen functional groups attached to an aromatic ring is 1. The molecule has 0 atom stereocenters. The molecule has 7 nitrogen and oxygen atoms in total. The predicted octanol–water partition coefficient (Wildman–Crippen LogP) is 1.56. The van der Waals surface area contributed by atoms with Gasteiger partial charge in [-0.25, -0.2) is 0 Å². The van der Waals surface area contributed by atoms with Crippen molar-refractivity contribution in [1.82, 2.24) is 9.78 Å². The Morgan fingerprint density at radius 1 is 1.45 bits per heavy atom. The van der Waals surface area contributed by atoms with E-state index in [0.717, 1.165) is 0 Å². The van der Waals surface area contributed by atoms with Gasteiger partial charge in [0, 0.05) is 21.9 Å². The Morgan fingerprint density at radius 2 is 2.20 bits per heavy atom. The van der Waals surface area contributed by atoms with Crippen molar-refractivity contribution in [3.63, 3.8) is 0 Å². The third-order valence-electron chi connectivity index (χ3n) is 2.45. The molecule has 1 aromatic heterocycles. The molecule has 0 aliphatic rings. The van der Waals surface area contributed by atoms with E-state index >= 15 is 0 Å². The van der Waals surface area contributed by atoms with Crippen LogP contribution in [0, 0.1) is 0 Å². The van der Waals surface area contributed by atoms with Crippen LogP contribution in [0.4, 0.5) is 11.4 Å². The lowest BCUT2D eigenvalue weighted by Gasteiger charge is -2.04. The Morgan fingerprint density at radius 3 is 2.85 bits per heavy atom. The molecule has 0 saturated heterocycles. The van der Waals surface area contributed by atoms with Crippen molar-refractivity contribution in [2.45, 2.75) is 6.54 Å². The number of nitrogens with zero attached hydrogens (tertiary/aromatic N) is 2.